The molecule has 0 aliphatic rings. The van der Waals surface area contributed by atoms with Gasteiger partial charge in [0, 0.05) is 30.1 Å². The van der Waals surface area contributed by atoms with E-state index in [0.29, 0.717) is 17.1 Å². The van der Waals surface area contributed by atoms with Gasteiger partial charge in [-0.25, -0.2) is 9.48 Å². The van der Waals surface area contributed by atoms with Crippen molar-refractivity contribution in [2.45, 2.75) is 26.5 Å². The van der Waals surface area contributed by atoms with E-state index in [1.807, 2.05) is 42.8 Å². The molecular formula is C20H23N5O3. The fourth-order valence-electron chi connectivity index (χ4n) is 2.82. The van der Waals surface area contributed by atoms with Crippen LogP contribution in [0.3, 0.4) is 0 Å². The molecule has 2 aromatic heterocycles. The lowest BCUT2D eigenvalue weighted by Gasteiger charge is -2.16. The minimum Gasteiger partial charge on any atom is -0.470 e. The van der Waals surface area contributed by atoms with Gasteiger partial charge in [-0.2, -0.15) is 5.10 Å². The van der Waals surface area contributed by atoms with Crippen LogP contribution < -0.4 is 15.7 Å². The first-order valence-corrected chi connectivity index (χ1v) is 8.93. The Kier molecular flexibility index (Phi) is 5.88. The largest absolute Gasteiger partial charge is 0.470 e. The van der Waals surface area contributed by atoms with Crippen LogP contribution in [0.5, 0.6) is 5.88 Å². The second kappa shape index (κ2) is 8.51. The van der Waals surface area contributed by atoms with Crippen molar-refractivity contribution in [1.29, 1.82) is 0 Å². The summed E-state index contributed by atoms with van der Waals surface area (Å²) in [6.07, 6.45) is 1.56. The minimum atomic E-state index is -0.414. The van der Waals surface area contributed by atoms with Crippen LogP contribution in [0.15, 0.2) is 47.7 Å². The second-order valence-electron chi connectivity index (χ2n) is 6.36. The number of ether oxygens (including phenoxy) is 2. The van der Waals surface area contributed by atoms with Gasteiger partial charge in [0.25, 0.3) is 0 Å². The molecule has 2 heterocycles. The predicted octanol–water partition coefficient (Wildman–Crippen LogP) is 2.41. The van der Waals surface area contributed by atoms with Gasteiger partial charge < -0.3 is 14.9 Å². The highest BCUT2D eigenvalue weighted by Crippen LogP contribution is 2.22. The van der Waals surface area contributed by atoms with Crippen molar-refractivity contribution in [2.75, 3.05) is 14.2 Å². The molecule has 3 rings (SSSR count). The van der Waals surface area contributed by atoms with Gasteiger partial charge in [-0.3, -0.25) is 4.98 Å². The van der Waals surface area contributed by atoms with Gasteiger partial charge in [0.05, 0.1) is 18.4 Å². The number of nitrogens with one attached hydrogen (secondary N) is 1. The molecule has 0 bridgehead atoms. The molecule has 0 aliphatic heterocycles. The number of fused-ring (bicyclic) bond motifs is 1. The third kappa shape index (κ3) is 3.95. The maximum Gasteiger partial charge on any atom is 0.337 e. The van der Waals surface area contributed by atoms with Gasteiger partial charge in [0.1, 0.15) is 6.61 Å². The number of aromatic nitrogens is 3. The van der Waals surface area contributed by atoms with E-state index in [1.165, 1.54) is 7.11 Å². The average Bonchev–Trinajstić information content (AvgIpc) is 2.72. The van der Waals surface area contributed by atoms with E-state index in [0.717, 1.165) is 16.3 Å². The molecule has 0 aliphatic carbocycles. The van der Waals surface area contributed by atoms with Gasteiger partial charge >= 0.3 is 5.97 Å². The number of benzene rings is 1. The van der Waals surface area contributed by atoms with Crippen molar-refractivity contribution in [2.24, 2.45) is 5.10 Å². The van der Waals surface area contributed by atoms with Gasteiger partial charge in [0.15, 0.2) is 5.49 Å². The van der Waals surface area contributed by atoms with E-state index in [1.54, 1.807) is 25.4 Å². The Morgan fingerprint density at radius 3 is 2.68 bits per heavy atom. The summed E-state index contributed by atoms with van der Waals surface area (Å²) in [5.74, 6) is 0.0625. The van der Waals surface area contributed by atoms with Gasteiger partial charge in [-0.05, 0) is 32.0 Å². The number of carbonyl (C=O) groups excluding carboxylic acids is 1. The first kappa shape index (κ1) is 19.3. The van der Waals surface area contributed by atoms with Crippen LogP contribution in [-0.2, 0) is 11.3 Å². The Morgan fingerprint density at radius 1 is 1.25 bits per heavy atom. The molecule has 0 unspecified atom stereocenters. The predicted molar refractivity (Wildman–Crippen MR) is 105 cm³/mol. The molecule has 8 heteroatoms. The van der Waals surface area contributed by atoms with Crippen molar-refractivity contribution in [3.63, 3.8) is 0 Å². The van der Waals surface area contributed by atoms with E-state index in [2.05, 4.69) is 20.6 Å². The number of esters is 1. The highest BCUT2D eigenvalue weighted by molar-refractivity contribution is 5.89. The zero-order valence-corrected chi connectivity index (χ0v) is 16.3. The van der Waals surface area contributed by atoms with Gasteiger partial charge in [-0.1, -0.05) is 18.2 Å². The number of methoxy groups -OCH3 is 1. The first-order chi connectivity index (χ1) is 13.5. The van der Waals surface area contributed by atoms with Crippen molar-refractivity contribution in [3.8, 4) is 5.88 Å². The van der Waals surface area contributed by atoms with Crippen molar-refractivity contribution >= 4 is 16.7 Å². The lowest BCUT2D eigenvalue weighted by atomic mass is 10.2. The monoisotopic (exact) mass is 381 g/mol. The summed E-state index contributed by atoms with van der Waals surface area (Å²) < 4.78 is 12.6. The summed E-state index contributed by atoms with van der Waals surface area (Å²) in [4.78, 5) is 16.0. The third-order valence-corrected chi connectivity index (χ3v) is 4.12. The molecule has 1 N–H and O–H groups in total. The molecule has 1 aromatic carbocycles. The van der Waals surface area contributed by atoms with Crippen molar-refractivity contribution < 1.29 is 14.3 Å². The Hall–Kier alpha value is -3.42. The third-order valence-electron chi connectivity index (χ3n) is 4.12. The lowest BCUT2D eigenvalue weighted by Crippen LogP contribution is -2.28. The van der Waals surface area contributed by atoms with E-state index in [4.69, 9.17) is 9.47 Å². The standard InChI is InChI=1S/C20H23N5O3/c1-13(2)25-18(23-21-3)16-7-5-6-8-17(16)19(24-25)28-12-15-11-14(9-10-22-15)20(26)27-4/h5-11,13,21H,12H2,1-4H3/b23-18-. The summed E-state index contributed by atoms with van der Waals surface area (Å²) >= 11 is 0. The average molecular weight is 381 g/mol. The quantitative estimate of drug-likeness (QED) is 0.521. The maximum absolute atomic E-state index is 11.7. The molecule has 0 saturated heterocycles. The van der Waals surface area contributed by atoms with Crippen LogP contribution in [-0.4, -0.2) is 34.9 Å². The van der Waals surface area contributed by atoms with Crippen LogP contribution in [0.4, 0.5) is 0 Å². The van der Waals surface area contributed by atoms with Gasteiger partial charge in [-0.15, -0.1) is 5.10 Å². The number of pyridine rings is 1. The second-order valence-corrected chi connectivity index (χ2v) is 6.36. The molecule has 0 radical (unpaired) electrons. The molecule has 8 nitrogen and oxygen atoms in total. The van der Waals surface area contributed by atoms with Crippen molar-refractivity contribution in [1.82, 2.24) is 20.2 Å². The smallest absolute Gasteiger partial charge is 0.337 e. The van der Waals surface area contributed by atoms with Crippen LogP contribution >= 0.6 is 0 Å². The summed E-state index contributed by atoms with van der Waals surface area (Å²) in [5.41, 5.74) is 4.60. The summed E-state index contributed by atoms with van der Waals surface area (Å²) in [6, 6.07) is 11.1. The summed E-state index contributed by atoms with van der Waals surface area (Å²) in [7, 11) is 3.10. The molecule has 3 aromatic rings. The topological polar surface area (TPSA) is 90.6 Å². The number of carbonyl (C=O) groups is 1. The van der Waals surface area contributed by atoms with E-state index in [-0.39, 0.29) is 12.6 Å². The Balaban J connectivity index is 2.01. The zero-order chi connectivity index (χ0) is 20.1. The minimum absolute atomic E-state index is 0.0832. The number of hydrogen-bond acceptors (Lipinski definition) is 7. The van der Waals surface area contributed by atoms with Crippen LogP contribution in [0, 0.1) is 0 Å². The fraction of sp³-hybridized carbons (Fsp3) is 0.300. The molecule has 0 amide bonds. The molecule has 0 fully saturated rings. The maximum atomic E-state index is 11.7. The first-order valence-electron chi connectivity index (χ1n) is 8.93. The SMILES string of the molecule is CN/N=c1/c2ccccc2c(OCc2cc(C(=O)OC)ccn2)nn1C(C)C. The molecular weight excluding hydrogens is 358 g/mol. The van der Waals surface area contributed by atoms with E-state index >= 15 is 0 Å². The Bertz CT molecular complexity index is 1060. The van der Waals surface area contributed by atoms with Crippen LogP contribution in [0.2, 0.25) is 0 Å². The molecule has 28 heavy (non-hydrogen) atoms. The molecule has 0 spiro atoms. The lowest BCUT2D eigenvalue weighted by molar-refractivity contribution is 0.0600. The summed E-state index contributed by atoms with van der Waals surface area (Å²) in [5, 5.41) is 10.8. The van der Waals surface area contributed by atoms with E-state index < -0.39 is 5.97 Å². The van der Waals surface area contributed by atoms with Crippen LogP contribution in [0.25, 0.3) is 10.8 Å². The molecule has 0 saturated carbocycles. The van der Waals surface area contributed by atoms with Crippen LogP contribution in [0.1, 0.15) is 35.9 Å². The summed E-state index contributed by atoms with van der Waals surface area (Å²) in [6.45, 7) is 4.23. The van der Waals surface area contributed by atoms with Gasteiger partial charge in [0.2, 0.25) is 5.88 Å². The zero-order valence-electron chi connectivity index (χ0n) is 16.3. The fourth-order valence-corrected chi connectivity index (χ4v) is 2.82. The molecule has 0 atom stereocenters. The highest BCUT2D eigenvalue weighted by Gasteiger charge is 2.13. The highest BCUT2D eigenvalue weighted by atomic mass is 16.5. The number of hydrogen-bond donors (Lipinski definition) is 1. The normalized spacial score (nSPS) is 11.7. The number of rotatable bonds is 6. The van der Waals surface area contributed by atoms with E-state index in [9.17, 15) is 4.79 Å². The number of nitrogens with zero attached hydrogens (tertiary/aromatic N) is 4. The molecule has 146 valence electrons. The Labute approximate surface area is 162 Å². The Morgan fingerprint density at radius 2 is 2.00 bits per heavy atom. The van der Waals surface area contributed by atoms with Crippen molar-refractivity contribution in [3.05, 3.63) is 59.3 Å².